The number of aliphatic hydroxyl groups excluding tert-OH is 1. The SMILES string of the molecule is Cc1ccc(-c2ccc(OC(F)(F)F)cc2)cc1C1=C(O)CC(CC2CCOCC2)CC1=O. The highest BCUT2D eigenvalue weighted by Gasteiger charge is 2.32. The van der Waals surface area contributed by atoms with Gasteiger partial charge in [-0.2, -0.15) is 0 Å². The van der Waals surface area contributed by atoms with Gasteiger partial charge in [-0.15, -0.1) is 13.2 Å². The van der Waals surface area contributed by atoms with Crippen molar-refractivity contribution in [1.29, 1.82) is 0 Å². The molecule has 1 fully saturated rings. The van der Waals surface area contributed by atoms with E-state index in [9.17, 15) is 23.1 Å². The van der Waals surface area contributed by atoms with E-state index in [1.807, 2.05) is 25.1 Å². The molecule has 1 aliphatic heterocycles. The number of halogens is 3. The number of ketones is 1. The number of aliphatic hydroxyl groups is 1. The normalized spacial score (nSPS) is 20.2. The van der Waals surface area contributed by atoms with Crippen molar-refractivity contribution in [3.8, 4) is 16.9 Å². The number of Topliss-reactive ketones (excluding diaryl/α,β-unsaturated/α-hetero) is 1. The van der Waals surface area contributed by atoms with E-state index >= 15 is 0 Å². The number of rotatable bonds is 5. The molecule has 0 aromatic heterocycles. The molecule has 33 heavy (non-hydrogen) atoms. The fourth-order valence-corrected chi connectivity index (χ4v) is 4.82. The Bertz CT molecular complexity index is 1030. The Kier molecular flexibility index (Phi) is 6.79. The summed E-state index contributed by atoms with van der Waals surface area (Å²) in [6, 6.07) is 11.1. The van der Waals surface area contributed by atoms with Gasteiger partial charge >= 0.3 is 6.36 Å². The maximum Gasteiger partial charge on any atom is 0.573 e. The van der Waals surface area contributed by atoms with Crippen molar-refractivity contribution in [1.82, 2.24) is 0 Å². The number of hydrogen-bond acceptors (Lipinski definition) is 4. The molecule has 2 aromatic rings. The molecule has 0 saturated carbocycles. The summed E-state index contributed by atoms with van der Waals surface area (Å²) >= 11 is 0. The van der Waals surface area contributed by atoms with E-state index in [0.717, 1.165) is 43.6 Å². The Labute approximate surface area is 191 Å². The number of aryl methyl sites for hydroxylation is 1. The molecule has 1 unspecified atom stereocenters. The molecule has 0 amide bonds. The summed E-state index contributed by atoms with van der Waals surface area (Å²) in [5, 5.41) is 10.8. The second kappa shape index (κ2) is 9.59. The predicted octanol–water partition coefficient (Wildman–Crippen LogP) is 6.63. The monoisotopic (exact) mass is 460 g/mol. The number of alkyl halides is 3. The first kappa shape index (κ1) is 23.4. The summed E-state index contributed by atoms with van der Waals surface area (Å²) < 4.78 is 46.6. The van der Waals surface area contributed by atoms with Crippen LogP contribution in [0.15, 0.2) is 48.2 Å². The highest BCUT2D eigenvalue weighted by atomic mass is 19.4. The molecular weight excluding hydrogens is 433 g/mol. The summed E-state index contributed by atoms with van der Waals surface area (Å²) in [5.74, 6) is 0.425. The van der Waals surface area contributed by atoms with Crippen LogP contribution in [0.3, 0.4) is 0 Å². The van der Waals surface area contributed by atoms with Crippen LogP contribution in [0.25, 0.3) is 16.7 Å². The Morgan fingerprint density at radius 3 is 2.30 bits per heavy atom. The number of benzene rings is 2. The lowest BCUT2D eigenvalue weighted by Gasteiger charge is -2.29. The lowest BCUT2D eigenvalue weighted by atomic mass is 9.77. The standard InChI is InChI=1S/C26H27F3O4/c1-16-2-3-20(19-4-6-21(7-5-19)33-26(27,28)29)15-22(16)25-23(30)13-18(14-24(25)31)12-17-8-10-32-11-9-17/h2-7,15,17-18,30H,8-14H2,1H3. The Morgan fingerprint density at radius 1 is 1.00 bits per heavy atom. The van der Waals surface area contributed by atoms with Gasteiger partial charge in [0.1, 0.15) is 11.5 Å². The molecule has 2 aliphatic rings. The highest BCUT2D eigenvalue weighted by molar-refractivity contribution is 6.22. The van der Waals surface area contributed by atoms with Crippen molar-refractivity contribution < 1.29 is 32.5 Å². The number of hydrogen-bond donors (Lipinski definition) is 1. The van der Waals surface area contributed by atoms with E-state index in [-0.39, 0.29) is 23.2 Å². The minimum absolute atomic E-state index is 0.0648. The van der Waals surface area contributed by atoms with Crippen LogP contribution >= 0.6 is 0 Å². The van der Waals surface area contributed by atoms with Gasteiger partial charge in [0.15, 0.2) is 5.78 Å². The zero-order valence-electron chi connectivity index (χ0n) is 18.5. The predicted molar refractivity (Wildman–Crippen MR) is 119 cm³/mol. The van der Waals surface area contributed by atoms with Gasteiger partial charge in [-0.25, -0.2) is 0 Å². The minimum Gasteiger partial charge on any atom is -0.512 e. The first-order chi connectivity index (χ1) is 15.7. The zero-order valence-corrected chi connectivity index (χ0v) is 18.5. The van der Waals surface area contributed by atoms with Crippen molar-refractivity contribution >= 4 is 11.4 Å². The fraction of sp³-hybridized carbons (Fsp3) is 0.423. The second-order valence-electron chi connectivity index (χ2n) is 8.91. The molecule has 0 radical (unpaired) electrons. The largest absolute Gasteiger partial charge is 0.573 e. The maximum absolute atomic E-state index is 13.1. The second-order valence-corrected chi connectivity index (χ2v) is 8.91. The quantitative estimate of drug-likeness (QED) is 0.544. The average molecular weight is 460 g/mol. The molecule has 1 heterocycles. The third kappa shape index (κ3) is 5.77. The van der Waals surface area contributed by atoms with E-state index in [0.29, 0.717) is 35.5 Å². The summed E-state index contributed by atoms with van der Waals surface area (Å²) in [6.45, 7) is 3.39. The van der Waals surface area contributed by atoms with Gasteiger partial charge in [0.2, 0.25) is 0 Å². The van der Waals surface area contributed by atoms with E-state index in [1.165, 1.54) is 24.3 Å². The molecule has 1 atom stereocenters. The van der Waals surface area contributed by atoms with Crippen molar-refractivity contribution in [2.45, 2.75) is 45.4 Å². The van der Waals surface area contributed by atoms with Crippen LogP contribution in [0.1, 0.15) is 43.2 Å². The van der Waals surface area contributed by atoms with Crippen molar-refractivity contribution in [2.75, 3.05) is 13.2 Å². The van der Waals surface area contributed by atoms with Crippen molar-refractivity contribution in [3.05, 3.63) is 59.4 Å². The average Bonchev–Trinajstić information content (AvgIpc) is 2.75. The van der Waals surface area contributed by atoms with Crippen LogP contribution < -0.4 is 4.74 Å². The topological polar surface area (TPSA) is 55.8 Å². The van der Waals surface area contributed by atoms with Crippen LogP contribution in [0.4, 0.5) is 13.2 Å². The fourth-order valence-electron chi connectivity index (χ4n) is 4.82. The third-order valence-electron chi connectivity index (χ3n) is 6.46. The summed E-state index contributed by atoms with van der Waals surface area (Å²) in [7, 11) is 0. The van der Waals surface area contributed by atoms with Crippen LogP contribution in [-0.2, 0) is 9.53 Å². The summed E-state index contributed by atoms with van der Waals surface area (Å²) in [5.41, 5.74) is 3.30. The number of ether oxygens (including phenoxy) is 2. The van der Waals surface area contributed by atoms with Crippen LogP contribution in [0.5, 0.6) is 5.75 Å². The lowest BCUT2D eigenvalue weighted by Crippen LogP contribution is -2.24. The Balaban J connectivity index is 1.55. The summed E-state index contributed by atoms with van der Waals surface area (Å²) in [4.78, 5) is 13.1. The van der Waals surface area contributed by atoms with Crippen molar-refractivity contribution in [2.24, 2.45) is 11.8 Å². The van der Waals surface area contributed by atoms with Gasteiger partial charge in [0, 0.05) is 26.1 Å². The lowest BCUT2D eigenvalue weighted by molar-refractivity contribution is -0.274. The zero-order chi connectivity index (χ0) is 23.6. The number of carbonyl (C=O) groups is 1. The van der Waals surface area contributed by atoms with E-state index < -0.39 is 6.36 Å². The van der Waals surface area contributed by atoms with Crippen molar-refractivity contribution in [3.63, 3.8) is 0 Å². The molecule has 176 valence electrons. The van der Waals surface area contributed by atoms with Crippen LogP contribution in [-0.4, -0.2) is 30.5 Å². The van der Waals surface area contributed by atoms with Gasteiger partial charge in [0.25, 0.3) is 0 Å². The molecule has 1 aliphatic carbocycles. The van der Waals surface area contributed by atoms with Crippen LogP contribution in [0.2, 0.25) is 0 Å². The van der Waals surface area contributed by atoms with Gasteiger partial charge in [-0.05, 0) is 78.5 Å². The highest BCUT2D eigenvalue weighted by Crippen LogP contribution is 2.38. The van der Waals surface area contributed by atoms with Gasteiger partial charge < -0.3 is 14.6 Å². The smallest absolute Gasteiger partial charge is 0.512 e. The minimum atomic E-state index is -4.74. The first-order valence-corrected chi connectivity index (χ1v) is 11.2. The van der Waals surface area contributed by atoms with E-state index in [1.54, 1.807) is 0 Å². The number of carbonyl (C=O) groups excluding carboxylic acids is 1. The molecule has 1 N–H and O–H groups in total. The maximum atomic E-state index is 13.1. The van der Waals surface area contributed by atoms with E-state index in [2.05, 4.69) is 4.74 Å². The molecular formula is C26H27F3O4. The molecule has 2 aromatic carbocycles. The molecule has 1 saturated heterocycles. The first-order valence-electron chi connectivity index (χ1n) is 11.2. The molecule has 0 spiro atoms. The Morgan fingerprint density at radius 2 is 1.67 bits per heavy atom. The van der Waals surface area contributed by atoms with E-state index in [4.69, 9.17) is 4.74 Å². The molecule has 4 nitrogen and oxygen atoms in total. The molecule has 0 bridgehead atoms. The van der Waals surface area contributed by atoms with Crippen LogP contribution in [0, 0.1) is 18.8 Å². The Hall–Kier alpha value is -2.80. The number of allylic oxidation sites excluding steroid dienone is 2. The summed E-state index contributed by atoms with van der Waals surface area (Å²) in [6.07, 6.45) is -0.953. The van der Waals surface area contributed by atoms with Gasteiger partial charge in [-0.3, -0.25) is 4.79 Å². The van der Waals surface area contributed by atoms with Gasteiger partial charge in [-0.1, -0.05) is 24.3 Å². The molecule has 7 heteroatoms. The molecule has 4 rings (SSSR count). The van der Waals surface area contributed by atoms with Gasteiger partial charge in [0.05, 0.1) is 5.57 Å². The third-order valence-corrected chi connectivity index (χ3v) is 6.46.